The third-order valence-corrected chi connectivity index (χ3v) is 16.7. The number of rotatable bonds is 12. The molecule has 0 saturated carbocycles. The van der Waals surface area contributed by atoms with Crippen LogP contribution in [0.3, 0.4) is 0 Å². The summed E-state index contributed by atoms with van der Waals surface area (Å²) in [6.45, 7) is 0. The van der Waals surface area contributed by atoms with Gasteiger partial charge in [0, 0.05) is 5.57 Å². The summed E-state index contributed by atoms with van der Waals surface area (Å²) in [5, 5.41) is 4.05. The Morgan fingerprint density at radius 1 is 0.531 bits per heavy atom. The first-order chi connectivity index (χ1) is 30.4. The van der Waals surface area contributed by atoms with Gasteiger partial charge in [-0.25, -0.2) is 17.6 Å². The summed E-state index contributed by atoms with van der Waals surface area (Å²) >= 11 is -9.43. The Kier molecular flexibility index (Phi) is 16.7. The monoisotopic (exact) mass is 1140 g/mol. The van der Waals surface area contributed by atoms with Crippen molar-refractivity contribution in [2.45, 2.75) is 0 Å². The molecule has 0 atom stereocenters. The number of nitrogens with zero attached hydrogens (tertiary/aromatic N) is 1. The van der Waals surface area contributed by atoms with Crippen molar-refractivity contribution >= 4 is 89.4 Å². The average Bonchev–Trinajstić information content (AvgIpc) is 3.30. The number of halogens is 11. The molecule has 0 aliphatic rings. The van der Waals surface area contributed by atoms with Crippen molar-refractivity contribution in [3.8, 4) is 0 Å². The van der Waals surface area contributed by atoms with Crippen molar-refractivity contribution in [3.63, 3.8) is 0 Å². The van der Waals surface area contributed by atoms with Crippen LogP contribution in [0.1, 0.15) is 27.0 Å². The topological polar surface area (TPSA) is 29.4 Å². The number of hydrogen-bond donors (Lipinski definition) is 0. The molecular formula is C47H34ClF10NOP2RuSb+. The first kappa shape index (κ1) is 50.5. The zero-order valence-corrected chi connectivity index (χ0v) is 39.7. The fourth-order valence-electron chi connectivity index (χ4n) is 6.65. The summed E-state index contributed by atoms with van der Waals surface area (Å²) in [7, 11) is 0.499. The Bertz CT molecular complexity index is 2550. The second kappa shape index (κ2) is 21.2. The van der Waals surface area contributed by atoms with Crippen molar-refractivity contribution in [1.29, 1.82) is 0 Å². The van der Waals surface area contributed by atoms with E-state index < -0.39 is 69.2 Å². The molecule has 0 bridgehead atoms. The molecule has 64 heavy (non-hydrogen) atoms. The quantitative estimate of drug-likeness (QED) is 0.0228. The van der Waals surface area contributed by atoms with Gasteiger partial charge in [-0.2, -0.15) is 0 Å². The fourth-order valence-corrected chi connectivity index (χ4v) is 14.8. The van der Waals surface area contributed by atoms with Gasteiger partial charge in [0.25, 0.3) is 0 Å². The molecule has 332 valence electrons. The fraction of sp³-hybridized carbons (Fsp3) is 0.0213. The average molecular weight is 1140 g/mol. The van der Waals surface area contributed by atoms with Gasteiger partial charge < -0.3 is 0 Å². The van der Waals surface area contributed by atoms with Crippen LogP contribution in [0.25, 0.3) is 11.1 Å². The van der Waals surface area contributed by atoms with E-state index in [4.69, 9.17) is 4.76 Å². The first-order valence-corrected chi connectivity index (χ1v) is 30.1. The maximum atomic E-state index is 16.4. The van der Waals surface area contributed by atoms with Crippen LogP contribution in [0.15, 0.2) is 187 Å². The van der Waals surface area contributed by atoms with Crippen LogP contribution in [0.5, 0.6) is 0 Å². The molecule has 7 aromatic rings. The van der Waals surface area contributed by atoms with Gasteiger partial charge in [0.05, 0.1) is 17.3 Å². The zero-order valence-electron chi connectivity index (χ0n) is 32.9. The Balaban J connectivity index is 0.000000782. The van der Waals surface area contributed by atoms with Crippen molar-refractivity contribution < 1.29 is 56.5 Å². The van der Waals surface area contributed by atoms with Crippen molar-refractivity contribution in [3.05, 3.63) is 228 Å². The molecule has 0 amide bonds. The van der Waals surface area contributed by atoms with E-state index in [0.29, 0.717) is 22.6 Å². The normalized spacial score (nSPS) is 12.5. The van der Waals surface area contributed by atoms with E-state index in [-0.39, 0.29) is 11.9 Å². The molecule has 0 aliphatic heterocycles. The summed E-state index contributed by atoms with van der Waals surface area (Å²) in [4.78, 5) is 11.7. The summed E-state index contributed by atoms with van der Waals surface area (Å²) in [6, 6.07) is 57.8. The van der Waals surface area contributed by atoms with Crippen LogP contribution in [-0.2, 0) is 17.3 Å². The van der Waals surface area contributed by atoms with Crippen molar-refractivity contribution in [1.82, 2.24) is 0 Å². The summed E-state index contributed by atoms with van der Waals surface area (Å²) < 4.78 is 129. The molecule has 7 rings (SSSR count). The second-order valence-corrected chi connectivity index (χ2v) is 24.9. The SMILES string of the molecule is O=Cc1c(F)c(F)c(C(/C=N/[P+](CP(c2ccccc2)c2ccccc2)(c2ccccc2)c2ccccc2)=C(c2ccccc2)c2ccccc2)c(F)c1F.[Cl][Ru+].[F][Sb-]([F])([F])([F])([F])[F]. The molecule has 0 heterocycles. The Labute approximate surface area is 381 Å². The first-order valence-electron chi connectivity index (χ1n) is 18.7. The molecule has 0 aliphatic carbocycles. The van der Waals surface area contributed by atoms with Crippen LogP contribution in [0.4, 0.5) is 34.4 Å². The minimum atomic E-state index is -11.2. The molecule has 17 heteroatoms. The van der Waals surface area contributed by atoms with E-state index in [0.717, 1.165) is 21.2 Å². The summed E-state index contributed by atoms with van der Waals surface area (Å²) in [5.74, 6) is -6.41. The molecule has 2 nitrogen and oxygen atoms in total. The van der Waals surface area contributed by atoms with Gasteiger partial charge in [0.1, 0.15) is 16.5 Å². The molecule has 0 aromatic heterocycles. The molecule has 0 radical (unpaired) electrons. The Morgan fingerprint density at radius 3 is 1.17 bits per heavy atom. The van der Waals surface area contributed by atoms with Gasteiger partial charge in [-0.05, 0) is 59.5 Å². The van der Waals surface area contributed by atoms with Crippen LogP contribution < -0.4 is 21.2 Å². The van der Waals surface area contributed by atoms with Gasteiger partial charge >= 0.3 is 63.4 Å². The van der Waals surface area contributed by atoms with Crippen molar-refractivity contribution in [2.75, 3.05) is 5.90 Å². The standard InChI is InChI=1S/C47H34F4NOP2.ClH.6FH.Ru.Sb/c48-44-41(32-53)45(49)47(51)43(46(44)50)40(42(34-19-7-1-8-20-34)35-21-9-2-10-22-35)31-52-55(38-27-15-5-16-28-38,39-29-17-6-18-30-39)33-54(36-23-11-3-12-24-36)37-25-13-4-14-26-37;;;;;;;;;/h1-32H,33H2;7*1H;;/q+1;;;;;;;;+2;+5/p-7/b52-31+;;;;;;;;;. The third-order valence-electron chi connectivity index (χ3n) is 9.31. The molecule has 7 aromatic carbocycles. The van der Waals surface area contributed by atoms with Gasteiger partial charge in [0.15, 0.2) is 29.6 Å². The van der Waals surface area contributed by atoms with E-state index in [2.05, 4.69) is 34.0 Å². The van der Waals surface area contributed by atoms with E-state index >= 15 is 17.6 Å². The Morgan fingerprint density at radius 2 is 0.844 bits per heavy atom. The molecule has 0 unspecified atom stereocenters. The van der Waals surface area contributed by atoms with Gasteiger partial charge in [0.2, 0.25) is 7.41 Å². The molecular weight excluding hydrogens is 1100 g/mol. The molecule has 0 saturated heterocycles. The van der Waals surface area contributed by atoms with Crippen LogP contribution in [0.2, 0.25) is 0 Å². The third kappa shape index (κ3) is 13.5. The maximum absolute atomic E-state index is 16.4. The number of benzene rings is 7. The van der Waals surface area contributed by atoms with Gasteiger partial charge in [-0.15, -0.1) is 4.76 Å². The van der Waals surface area contributed by atoms with E-state index in [1.165, 1.54) is 6.21 Å². The van der Waals surface area contributed by atoms with Crippen LogP contribution in [-0.4, -0.2) is 37.9 Å². The van der Waals surface area contributed by atoms with Gasteiger partial charge in [-0.1, -0.05) is 158 Å². The van der Waals surface area contributed by atoms with Crippen molar-refractivity contribution in [2.24, 2.45) is 4.76 Å². The number of carbonyl (C=O) groups is 1. The number of carbonyl (C=O) groups excluding carboxylic acids is 1. The van der Waals surface area contributed by atoms with E-state index in [1.807, 2.05) is 114 Å². The zero-order chi connectivity index (χ0) is 46.6. The molecule has 0 N–H and O–H groups in total. The summed E-state index contributed by atoms with van der Waals surface area (Å²) in [6.07, 6.45) is 1.18. The van der Waals surface area contributed by atoms with Crippen LogP contribution >= 0.6 is 25.0 Å². The number of aldehydes is 1. The van der Waals surface area contributed by atoms with E-state index in [9.17, 15) is 21.7 Å². The van der Waals surface area contributed by atoms with E-state index in [1.54, 1.807) is 60.7 Å². The second-order valence-electron chi connectivity index (χ2n) is 13.6. The predicted molar refractivity (Wildman–Crippen MR) is 240 cm³/mol. The number of hydrogen-bond acceptors (Lipinski definition) is 2. The van der Waals surface area contributed by atoms with Crippen LogP contribution in [0, 0.1) is 23.3 Å². The Hall–Kier alpha value is -4.49. The van der Waals surface area contributed by atoms with Gasteiger partial charge in [-0.3, -0.25) is 4.79 Å². The predicted octanol–water partition coefficient (Wildman–Crippen LogP) is 13.6. The molecule has 0 fully saturated rings. The number of allylic oxidation sites excluding steroid dienone is 1. The summed E-state index contributed by atoms with van der Waals surface area (Å²) in [5.41, 5.74) is -1.08. The minimum absolute atomic E-state index is 0.178. The molecule has 0 spiro atoms.